The zero-order valence-electron chi connectivity index (χ0n) is 19.9. The minimum Gasteiger partial charge on any atom is -0.493 e. The molecule has 0 aromatic heterocycles. The molecule has 3 rings (SSSR count). The highest BCUT2D eigenvalue weighted by atomic mass is 127. The molecule has 1 heterocycles. The zero-order valence-corrected chi connectivity index (χ0v) is 22.3. The van der Waals surface area contributed by atoms with Crippen LogP contribution in [0.25, 0.3) is 0 Å². The van der Waals surface area contributed by atoms with Crippen molar-refractivity contribution in [3.05, 3.63) is 65.7 Å². The molecule has 0 saturated carbocycles. The first-order valence-electron chi connectivity index (χ1n) is 11.5. The summed E-state index contributed by atoms with van der Waals surface area (Å²) in [5.41, 5.74) is 2.43. The number of hydrogen-bond acceptors (Lipinski definition) is 3. The van der Waals surface area contributed by atoms with Crippen LogP contribution in [0, 0.1) is 11.8 Å². The SMILES string of the molecule is CN=C(NCc1ccc(OCC(C)C)cc1)NCC1CC(=O)N(CCc2ccccc2)C1.I. The Morgan fingerprint density at radius 2 is 1.82 bits per heavy atom. The summed E-state index contributed by atoms with van der Waals surface area (Å²) in [6.07, 6.45) is 1.49. The average molecular weight is 565 g/mol. The third kappa shape index (κ3) is 9.23. The van der Waals surface area contributed by atoms with Crippen molar-refractivity contribution >= 4 is 35.8 Å². The van der Waals surface area contributed by atoms with Crippen molar-refractivity contribution in [2.45, 2.75) is 33.2 Å². The van der Waals surface area contributed by atoms with Crippen LogP contribution in [-0.4, -0.2) is 50.1 Å². The van der Waals surface area contributed by atoms with E-state index in [1.54, 1.807) is 7.05 Å². The Kier molecular flexibility index (Phi) is 11.5. The number of rotatable bonds is 10. The van der Waals surface area contributed by atoms with Gasteiger partial charge in [0.2, 0.25) is 5.91 Å². The number of nitrogens with zero attached hydrogens (tertiary/aromatic N) is 2. The molecule has 0 bridgehead atoms. The maximum atomic E-state index is 12.4. The Morgan fingerprint density at radius 3 is 2.48 bits per heavy atom. The fourth-order valence-electron chi connectivity index (χ4n) is 3.73. The Morgan fingerprint density at radius 1 is 1.09 bits per heavy atom. The van der Waals surface area contributed by atoms with Gasteiger partial charge in [0.05, 0.1) is 6.61 Å². The fraction of sp³-hybridized carbons (Fsp3) is 0.462. The topological polar surface area (TPSA) is 66.0 Å². The van der Waals surface area contributed by atoms with Gasteiger partial charge in [-0.05, 0) is 35.6 Å². The predicted molar refractivity (Wildman–Crippen MR) is 145 cm³/mol. The highest BCUT2D eigenvalue weighted by molar-refractivity contribution is 14.0. The van der Waals surface area contributed by atoms with Crippen LogP contribution in [0.1, 0.15) is 31.4 Å². The molecule has 1 aliphatic heterocycles. The van der Waals surface area contributed by atoms with Crippen molar-refractivity contribution in [2.24, 2.45) is 16.8 Å². The summed E-state index contributed by atoms with van der Waals surface area (Å²) < 4.78 is 5.74. The monoisotopic (exact) mass is 564 g/mol. The number of benzene rings is 2. The standard InChI is InChI=1S/C26H36N4O2.HI/c1-20(2)19-32-24-11-9-22(10-12-24)16-28-26(27-3)29-17-23-15-25(31)30(18-23)14-13-21-7-5-4-6-8-21;/h4-12,20,23H,13-19H2,1-3H3,(H2,27,28,29);1H. The molecule has 2 aromatic carbocycles. The number of ether oxygens (including phenoxy) is 1. The van der Waals surface area contributed by atoms with Crippen LogP contribution in [0.2, 0.25) is 0 Å². The maximum Gasteiger partial charge on any atom is 0.223 e. The van der Waals surface area contributed by atoms with Crippen molar-refractivity contribution in [3.63, 3.8) is 0 Å². The van der Waals surface area contributed by atoms with Crippen molar-refractivity contribution < 1.29 is 9.53 Å². The summed E-state index contributed by atoms with van der Waals surface area (Å²) >= 11 is 0. The van der Waals surface area contributed by atoms with E-state index in [2.05, 4.69) is 53.7 Å². The highest BCUT2D eigenvalue weighted by Gasteiger charge is 2.29. The molecule has 180 valence electrons. The van der Waals surface area contributed by atoms with Crippen molar-refractivity contribution in [1.82, 2.24) is 15.5 Å². The van der Waals surface area contributed by atoms with Gasteiger partial charge in [-0.15, -0.1) is 24.0 Å². The van der Waals surface area contributed by atoms with E-state index in [0.717, 1.165) is 49.9 Å². The normalized spacial score (nSPS) is 16.0. The van der Waals surface area contributed by atoms with Gasteiger partial charge in [0, 0.05) is 45.6 Å². The van der Waals surface area contributed by atoms with Crippen LogP contribution in [-0.2, 0) is 17.8 Å². The van der Waals surface area contributed by atoms with Crippen molar-refractivity contribution in [3.8, 4) is 5.75 Å². The molecule has 1 fully saturated rings. The van der Waals surface area contributed by atoms with E-state index >= 15 is 0 Å². The van der Waals surface area contributed by atoms with Crippen LogP contribution >= 0.6 is 24.0 Å². The lowest BCUT2D eigenvalue weighted by Gasteiger charge is -2.18. The van der Waals surface area contributed by atoms with Crippen LogP contribution in [0.15, 0.2) is 59.6 Å². The molecule has 1 atom stereocenters. The number of guanidine groups is 1. The number of aliphatic imine (C=N–C) groups is 1. The Bertz CT molecular complexity index is 872. The van der Waals surface area contributed by atoms with Gasteiger partial charge in [0.25, 0.3) is 0 Å². The molecule has 2 N–H and O–H groups in total. The second kappa shape index (κ2) is 14.1. The average Bonchev–Trinajstić information content (AvgIpc) is 3.17. The lowest BCUT2D eigenvalue weighted by atomic mass is 10.1. The van der Waals surface area contributed by atoms with Crippen LogP contribution in [0.4, 0.5) is 0 Å². The van der Waals surface area contributed by atoms with Gasteiger partial charge in [0.15, 0.2) is 5.96 Å². The summed E-state index contributed by atoms with van der Waals surface area (Å²) in [5.74, 6) is 2.70. The van der Waals surface area contributed by atoms with Crippen molar-refractivity contribution in [1.29, 1.82) is 0 Å². The van der Waals surface area contributed by atoms with Crippen molar-refractivity contribution in [2.75, 3.05) is 33.3 Å². The number of carbonyl (C=O) groups excluding carboxylic acids is 1. The van der Waals surface area contributed by atoms with Gasteiger partial charge in [-0.25, -0.2) is 0 Å². The van der Waals surface area contributed by atoms with Crippen LogP contribution in [0.5, 0.6) is 5.75 Å². The number of hydrogen-bond donors (Lipinski definition) is 2. The minimum atomic E-state index is 0. The molecule has 1 saturated heterocycles. The molecule has 0 radical (unpaired) electrons. The van der Waals surface area contributed by atoms with Gasteiger partial charge < -0.3 is 20.3 Å². The fourth-order valence-corrected chi connectivity index (χ4v) is 3.73. The molecule has 2 aromatic rings. The van der Waals surface area contributed by atoms with E-state index in [1.807, 2.05) is 35.2 Å². The zero-order chi connectivity index (χ0) is 22.8. The smallest absolute Gasteiger partial charge is 0.223 e. The number of amides is 1. The van der Waals surface area contributed by atoms with E-state index in [-0.39, 0.29) is 29.9 Å². The molecule has 1 amide bonds. The van der Waals surface area contributed by atoms with Crippen LogP contribution in [0.3, 0.4) is 0 Å². The molecular weight excluding hydrogens is 527 g/mol. The van der Waals surface area contributed by atoms with Gasteiger partial charge in [-0.3, -0.25) is 9.79 Å². The summed E-state index contributed by atoms with van der Waals surface area (Å²) in [6, 6.07) is 18.5. The lowest BCUT2D eigenvalue weighted by molar-refractivity contribution is -0.127. The number of halogens is 1. The van der Waals surface area contributed by atoms with E-state index in [1.165, 1.54) is 5.56 Å². The first-order chi connectivity index (χ1) is 15.5. The third-order valence-electron chi connectivity index (χ3n) is 5.56. The Labute approximate surface area is 215 Å². The number of likely N-dealkylation sites (tertiary alicyclic amines) is 1. The second-order valence-electron chi connectivity index (χ2n) is 8.80. The summed E-state index contributed by atoms with van der Waals surface area (Å²) in [7, 11) is 1.77. The maximum absolute atomic E-state index is 12.4. The quantitative estimate of drug-likeness (QED) is 0.259. The molecule has 1 aliphatic rings. The molecule has 33 heavy (non-hydrogen) atoms. The molecular formula is C26H37IN4O2. The largest absolute Gasteiger partial charge is 0.493 e. The third-order valence-corrected chi connectivity index (χ3v) is 5.56. The van der Waals surface area contributed by atoms with Gasteiger partial charge in [0.1, 0.15) is 5.75 Å². The van der Waals surface area contributed by atoms with Gasteiger partial charge in [-0.1, -0.05) is 56.3 Å². The minimum absolute atomic E-state index is 0. The highest BCUT2D eigenvalue weighted by Crippen LogP contribution is 2.18. The molecule has 1 unspecified atom stereocenters. The molecule has 7 heteroatoms. The first-order valence-corrected chi connectivity index (χ1v) is 11.5. The van der Waals surface area contributed by atoms with E-state index in [4.69, 9.17) is 4.74 Å². The summed E-state index contributed by atoms with van der Waals surface area (Å²) in [6.45, 7) is 7.99. The number of nitrogens with one attached hydrogen (secondary N) is 2. The summed E-state index contributed by atoms with van der Waals surface area (Å²) in [4.78, 5) is 18.7. The van der Waals surface area contributed by atoms with E-state index in [9.17, 15) is 4.79 Å². The van der Waals surface area contributed by atoms with Gasteiger partial charge >= 0.3 is 0 Å². The number of carbonyl (C=O) groups is 1. The van der Waals surface area contributed by atoms with E-state index < -0.39 is 0 Å². The van der Waals surface area contributed by atoms with Crippen LogP contribution < -0.4 is 15.4 Å². The lowest BCUT2D eigenvalue weighted by Crippen LogP contribution is -2.40. The Balaban J connectivity index is 0.00000385. The molecule has 0 aliphatic carbocycles. The first kappa shape index (κ1) is 27.0. The van der Waals surface area contributed by atoms with E-state index in [0.29, 0.717) is 24.8 Å². The molecule has 0 spiro atoms. The predicted octanol–water partition coefficient (Wildman–Crippen LogP) is 4.10. The van der Waals surface area contributed by atoms with Gasteiger partial charge in [-0.2, -0.15) is 0 Å². The Hall–Kier alpha value is -2.29. The summed E-state index contributed by atoms with van der Waals surface area (Å²) in [5, 5.41) is 6.72. The second-order valence-corrected chi connectivity index (χ2v) is 8.80. The molecule has 6 nitrogen and oxygen atoms in total.